The third-order valence-electron chi connectivity index (χ3n) is 8.91. The van der Waals surface area contributed by atoms with Gasteiger partial charge >= 0.3 is 65.4 Å². The summed E-state index contributed by atoms with van der Waals surface area (Å²) in [6, 6.07) is 28.3. The number of aryl methyl sites for hydroxylation is 4. The predicted octanol–water partition coefficient (Wildman–Crippen LogP) is 5.91. The molecule has 0 aromatic heterocycles. The van der Waals surface area contributed by atoms with Crippen molar-refractivity contribution in [2.75, 3.05) is 60.5 Å². The van der Waals surface area contributed by atoms with Crippen LogP contribution in [-0.2, 0) is 52.6 Å². The van der Waals surface area contributed by atoms with E-state index in [-0.39, 0.29) is 90.3 Å². The number of Topliss-reactive ketones (excluding diaryl/α,β-unsaturated/α-hetero) is 1. The van der Waals surface area contributed by atoms with Crippen LogP contribution in [0.2, 0.25) is 5.02 Å². The van der Waals surface area contributed by atoms with Crippen LogP contribution in [0.25, 0.3) is 0 Å². The average molecular weight is 1180 g/mol. The first-order valence-corrected chi connectivity index (χ1v) is 24.7. The number of carbonyl (C=O) groups excluding carboxylic acids is 8. The van der Waals surface area contributed by atoms with Gasteiger partial charge in [0.05, 0.1) is 32.5 Å². The van der Waals surface area contributed by atoms with Gasteiger partial charge in [-0.05, 0) is 168 Å². The molecule has 2 N–H and O–H groups in total. The number of para-hydroxylation sites is 1. The second-order valence-electron chi connectivity index (χ2n) is 15.3. The molecule has 0 aliphatic carbocycles. The second kappa shape index (κ2) is 46.5. The van der Waals surface area contributed by atoms with Crippen LogP contribution in [0.15, 0.2) is 103 Å². The van der Waals surface area contributed by atoms with Crippen LogP contribution in [0.4, 0.5) is 0 Å². The van der Waals surface area contributed by atoms with Crippen molar-refractivity contribution in [3.63, 3.8) is 0 Å². The summed E-state index contributed by atoms with van der Waals surface area (Å²) in [5.41, 5.74) is 4.23. The molecule has 0 saturated carbocycles. The summed E-state index contributed by atoms with van der Waals surface area (Å²) in [6.07, 6.45) is 0. The molecule has 0 spiro atoms. The van der Waals surface area contributed by atoms with Crippen molar-refractivity contribution in [3.8, 4) is 34.5 Å². The van der Waals surface area contributed by atoms with E-state index in [9.17, 15) is 38.4 Å². The Bertz CT molecular complexity index is 2710. The molecule has 5 rings (SSSR count). The van der Waals surface area contributed by atoms with Gasteiger partial charge in [-0.3, -0.25) is 19.3 Å². The summed E-state index contributed by atoms with van der Waals surface area (Å²) in [4.78, 5) is 89.2. The molecule has 0 atom stereocenters. The van der Waals surface area contributed by atoms with Crippen LogP contribution in [0, 0.1) is 27.7 Å². The number of carbonyl (C=O) groups is 8. The minimum atomic E-state index is -0.813. The van der Waals surface area contributed by atoms with Crippen molar-refractivity contribution in [1.29, 1.82) is 0 Å². The molecule has 0 amide bonds. The van der Waals surface area contributed by atoms with Crippen LogP contribution in [-0.4, -0.2) is 118 Å². The summed E-state index contributed by atoms with van der Waals surface area (Å²) < 4.78 is 44.6. The zero-order valence-corrected chi connectivity index (χ0v) is 51.2. The van der Waals surface area contributed by atoms with E-state index in [2.05, 4.69) is 21.2 Å². The van der Waals surface area contributed by atoms with E-state index in [0.29, 0.717) is 53.4 Å². The standard InChI is InChI=1S/C13H16O5.C13H16O4.C11H14O3.C10H12O4.C7H5ClO3.C2H3ClO.CH3O.Na/c1-4-16-13(15)8-17-12-6-5-11(7-9(12)2)18-10(3)14;1-4-16-13(15)8-17-12-6-5-11(10(3)14)7-9(12)2;1-3-13-11(12)8-14-10-7-5-4-6-9(10)2;1-7-5-8(11)3-4-9(7)14-6-10(12)13-2;8-6-3-1-2-5(4-6)7(9)11-10;1-2(3)4;1-2;/h5-7H,4,8H2,1-3H3;5-7H,4,8H2,1-3H3;4-7H,3,8H2,1-2H3;3-5,11H,6H2,1-2H3;1-4,10H;1H3;1H3;/q;;;;;;-1;+1. The zero-order valence-electron chi connectivity index (χ0n) is 47.7. The van der Waals surface area contributed by atoms with Gasteiger partial charge in [0.15, 0.2) is 32.2 Å². The molecule has 5 aromatic carbocycles. The van der Waals surface area contributed by atoms with Crippen LogP contribution in [0.1, 0.15) is 84.5 Å². The van der Waals surface area contributed by atoms with Crippen molar-refractivity contribution < 1.29 is 131 Å². The van der Waals surface area contributed by atoms with Gasteiger partial charge in [0, 0.05) is 24.4 Å². The molecule has 24 heteroatoms. The van der Waals surface area contributed by atoms with Crippen LogP contribution < -0.4 is 58.3 Å². The first-order chi connectivity index (χ1) is 37.9. The Balaban J connectivity index is -0.000000919. The Morgan fingerprint density at radius 1 is 0.519 bits per heavy atom. The van der Waals surface area contributed by atoms with Gasteiger partial charge in [0.2, 0.25) is 5.24 Å². The van der Waals surface area contributed by atoms with Gasteiger partial charge in [0.25, 0.3) is 0 Å². The summed E-state index contributed by atoms with van der Waals surface area (Å²) in [6.45, 7) is 17.4. The smallest absolute Gasteiger partial charge is 0.857 e. The molecule has 0 fully saturated rings. The molecular weight excluding hydrogens is 1110 g/mol. The fraction of sp³-hybridized carbons (Fsp3) is 0.333. The number of phenols is 1. The molecule has 81 heavy (non-hydrogen) atoms. The largest absolute Gasteiger partial charge is 1.00 e. The first kappa shape index (κ1) is 78.0. The van der Waals surface area contributed by atoms with Crippen LogP contribution in [0.3, 0.4) is 0 Å². The van der Waals surface area contributed by atoms with Crippen molar-refractivity contribution >= 4 is 70.0 Å². The number of ketones is 1. The van der Waals surface area contributed by atoms with Crippen LogP contribution >= 0.6 is 23.2 Å². The molecule has 0 saturated heterocycles. The van der Waals surface area contributed by atoms with Gasteiger partial charge in [-0.1, -0.05) is 35.9 Å². The Labute approximate surface area is 503 Å². The molecule has 0 heterocycles. The maximum atomic E-state index is 11.1. The SMILES string of the molecule is CC(=O)Cl.CCOC(=O)COc1ccc(C(C)=O)cc1C.CCOC(=O)COc1ccc(OC(C)=O)cc1C.CCOC(=O)COc1ccccc1C.COC(=O)COc1ccc(O)cc1C.C[O-].O=C(OO)c1cccc(Cl)c1.[Na+]. The topological polar surface area (TPSA) is 292 Å². The van der Waals surface area contributed by atoms with Crippen molar-refractivity contribution in [1.82, 2.24) is 0 Å². The maximum Gasteiger partial charge on any atom is 1.00 e. The monoisotopic (exact) mass is 1180 g/mol. The Kier molecular flexibility index (Phi) is 44.8. The van der Waals surface area contributed by atoms with E-state index in [4.69, 9.17) is 65.0 Å². The Hall–Kier alpha value is -7.24. The molecular formula is C57H69Cl2NaO21. The van der Waals surface area contributed by atoms with E-state index in [1.165, 1.54) is 46.1 Å². The van der Waals surface area contributed by atoms with Gasteiger partial charge < -0.3 is 52.8 Å². The van der Waals surface area contributed by atoms with Gasteiger partial charge in [-0.15, -0.1) is 0 Å². The maximum absolute atomic E-state index is 11.1. The zero-order chi connectivity index (χ0) is 61.2. The number of ether oxygens (including phenoxy) is 9. The molecule has 5 aromatic rings. The normalized spacial score (nSPS) is 9.19. The van der Waals surface area contributed by atoms with Crippen LogP contribution in [0.5, 0.6) is 34.5 Å². The fourth-order valence-corrected chi connectivity index (χ4v) is 5.63. The van der Waals surface area contributed by atoms with Gasteiger partial charge in [0.1, 0.15) is 34.5 Å². The third kappa shape index (κ3) is 38.1. The minimum Gasteiger partial charge on any atom is -0.857 e. The summed E-state index contributed by atoms with van der Waals surface area (Å²) in [5, 5.41) is 25.4. The Morgan fingerprint density at radius 3 is 1.32 bits per heavy atom. The van der Waals surface area contributed by atoms with Gasteiger partial charge in [-0.25, -0.2) is 24.0 Å². The van der Waals surface area contributed by atoms with E-state index in [0.717, 1.165) is 35.1 Å². The number of phenolic OH excluding ortho intramolecular Hbond substituents is 1. The van der Waals surface area contributed by atoms with Gasteiger partial charge in [-0.2, -0.15) is 12.4 Å². The number of benzene rings is 5. The molecule has 0 aliphatic heterocycles. The second-order valence-corrected chi connectivity index (χ2v) is 16.2. The molecule has 21 nitrogen and oxygen atoms in total. The Morgan fingerprint density at radius 2 is 0.938 bits per heavy atom. The first-order valence-electron chi connectivity index (χ1n) is 23.9. The molecule has 438 valence electrons. The molecule has 0 aliphatic rings. The number of hydrogen-bond acceptors (Lipinski definition) is 21. The van der Waals surface area contributed by atoms with Crippen molar-refractivity contribution in [2.24, 2.45) is 0 Å². The fourth-order valence-electron chi connectivity index (χ4n) is 5.44. The third-order valence-corrected chi connectivity index (χ3v) is 9.15. The van der Waals surface area contributed by atoms with E-state index < -0.39 is 23.9 Å². The molecule has 0 radical (unpaired) electrons. The van der Waals surface area contributed by atoms with Crippen molar-refractivity contribution in [2.45, 2.75) is 69.2 Å². The summed E-state index contributed by atoms with van der Waals surface area (Å²) >= 11 is 10.2. The number of hydrogen-bond donors (Lipinski definition) is 2. The van der Waals surface area contributed by atoms with E-state index in [1.807, 2.05) is 38.1 Å². The average Bonchev–Trinajstić information content (AvgIpc) is 3.40. The van der Waals surface area contributed by atoms with Crippen molar-refractivity contribution in [3.05, 3.63) is 142 Å². The number of esters is 5. The predicted molar refractivity (Wildman–Crippen MR) is 294 cm³/mol. The number of methoxy groups -OCH3 is 1. The number of aromatic hydroxyl groups is 1. The molecule has 0 unspecified atom stereocenters. The van der Waals surface area contributed by atoms with E-state index in [1.54, 1.807) is 95.3 Å². The number of halogens is 2. The number of rotatable bonds is 18. The molecule has 0 bridgehead atoms. The summed E-state index contributed by atoms with van der Waals surface area (Å²) in [7, 11) is 2.05. The minimum absolute atomic E-state index is 0. The quantitative estimate of drug-likeness (QED) is 0.0151. The summed E-state index contributed by atoms with van der Waals surface area (Å²) in [5.74, 6) is 0.274. The van der Waals surface area contributed by atoms with E-state index >= 15 is 0 Å².